The molecular weight excluding hydrogens is 316 g/mol. The number of thioether (sulfide) groups is 1. The number of allylic oxidation sites excluding steroid dienone is 1. The zero-order valence-corrected chi connectivity index (χ0v) is 16.2. The first-order chi connectivity index (χ1) is 11.4. The van der Waals surface area contributed by atoms with Crippen LogP contribution < -0.4 is 0 Å². The first kappa shape index (κ1) is 17.4. The van der Waals surface area contributed by atoms with E-state index >= 15 is 0 Å². The SMILES string of the molecule is CCN(CC)C1=N[C@H]2CC(C)(C)C=C(Sc3ccc(C)cc3)[C@H]2O1. The largest absolute Gasteiger partial charge is 0.454 e. The van der Waals surface area contributed by atoms with Crippen LogP contribution in [0.1, 0.15) is 39.7 Å². The molecule has 1 aromatic rings. The smallest absolute Gasteiger partial charge is 0.288 e. The fourth-order valence-electron chi connectivity index (χ4n) is 3.38. The third-order valence-corrected chi connectivity index (χ3v) is 5.79. The van der Waals surface area contributed by atoms with E-state index in [-0.39, 0.29) is 17.6 Å². The number of aryl methyl sites for hydroxylation is 1. The minimum Gasteiger partial charge on any atom is -0.454 e. The van der Waals surface area contributed by atoms with Gasteiger partial charge in [-0.2, -0.15) is 0 Å². The fraction of sp³-hybridized carbons (Fsp3) is 0.550. The maximum Gasteiger partial charge on any atom is 0.288 e. The van der Waals surface area contributed by atoms with Gasteiger partial charge in [-0.3, -0.25) is 0 Å². The predicted molar refractivity (Wildman–Crippen MR) is 103 cm³/mol. The number of benzene rings is 1. The van der Waals surface area contributed by atoms with Gasteiger partial charge in [0.1, 0.15) is 0 Å². The Labute approximate surface area is 150 Å². The second kappa shape index (κ2) is 6.83. The average Bonchev–Trinajstić information content (AvgIpc) is 2.93. The van der Waals surface area contributed by atoms with Gasteiger partial charge in [0.15, 0.2) is 6.10 Å². The van der Waals surface area contributed by atoms with E-state index in [1.165, 1.54) is 15.4 Å². The number of aliphatic imine (C=N–C) groups is 1. The monoisotopic (exact) mass is 344 g/mol. The van der Waals surface area contributed by atoms with Crippen LogP contribution in [0.3, 0.4) is 0 Å². The van der Waals surface area contributed by atoms with Crippen molar-refractivity contribution >= 4 is 17.8 Å². The fourth-order valence-corrected chi connectivity index (χ4v) is 4.62. The van der Waals surface area contributed by atoms with Gasteiger partial charge in [0.2, 0.25) is 0 Å². The zero-order valence-electron chi connectivity index (χ0n) is 15.4. The number of hydrogen-bond donors (Lipinski definition) is 0. The molecule has 24 heavy (non-hydrogen) atoms. The van der Waals surface area contributed by atoms with Crippen LogP contribution in [0.25, 0.3) is 0 Å². The molecule has 3 nitrogen and oxygen atoms in total. The summed E-state index contributed by atoms with van der Waals surface area (Å²) in [4.78, 5) is 9.69. The van der Waals surface area contributed by atoms with Gasteiger partial charge >= 0.3 is 0 Å². The molecule has 0 N–H and O–H groups in total. The van der Waals surface area contributed by atoms with Crippen LogP contribution in [0.4, 0.5) is 0 Å². The van der Waals surface area contributed by atoms with Crippen molar-refractivity contribution in [1.82, 2.24) is 4.90 Å². The van der Waals surface area contributed by atoms with Crippen LogP contribution in [-0.2, 0) is 4.74 Å². The average molecular weight is 345 g/mol. The summed E-state index contributed by atoms with van der Waals surface area (Å²) in [5, 5.41) is 0. The van der Waals surface area contributed by atoms with Crippen molar-refractivity contribution in [3.8, 4) is 0 Å². The summed E-state index contributed by atoms with van der Waals surface area (Å²) in [6, 6.07) is 9.78. The predicted octanol–water partition coefficient (Wildman–Crippen LogP) is 4.87. The maximum absolute atomic E-state index is 6.30. The van der Waals surface area contributed by atoms with Crippen LogP contribution in [-0.4, -0.2) is 36.2 Å². The van der Waals surface area contributed by atoms with E-state index in [4.69, 9.17) is 9.73 Å². The van der Waals surface area contributed by atoms with E-state index in [2.05, 4.69) is 69.9 Å². The van der Waals surface area contributed by atoms with Crippen molar-refractivity contribution < 1.29 is 4.74 Å². The Bertz CT molecular complexity index is 644. The third-order valence-electron chi connectivity index (χ3n) is 4.70. The highest BCUT2D eigenvalue weighted by Crippen LogP contribution is 2.45. The van der Waals surface area contributed by atoms with Crippen LogP contribution in [0, 0.1) is 12.3 Å². The van der Waals surface area contributed by atoms with Crippen molar-refractivity contribution in [2.45, 2.75) is 58.1 Å². The van der Waals surface area contributed by atoms with E-state index < -0.39 is 0 Å². The lowest BCUT2D eigenvalue weighted by Crippen LogP contribution is -2.35. The highest BCUT2D eigenvalue weighted by atomic mass is 32.2. The quantitative estimate of drug-likeness (QED) is 0.779. The molecule has 130 valence electrons. The molecule has 3 rings (SSSR count). The van der Waals surface area contributed by atoms with Gasteiger partial charge in [0, 0.05) is 22.9 Å². The molecule has 0 amide bonds. The van der Waals surface area contributed by atoms with Crippen LogP contribution in [0.15, 0.2) is 45.1 Å². The molecule has 0 bridgehead atoms. The summed E-state index contributed by atoms with van der Waals surface area (Å²) in [7, 11) is 0. The Morgan fingerprint density at radius 3 is 2.50 bits per heavy atom. The zero-order chi connectivity index (χ0) is 17.3. The summed E-state index contributed by atoms with van der Waals surface area (Å²) < 4.78 is 6.30. The first-order valence-electron chi connectivity index (χ1n) is 8.88. The summed E-state index contributed by atoms with van der Waals surface area (Å²) in [6.45, 7) is 12.9. The molecule has 0 fully saturated rings. The summed E-state index contributed by atoms with van der Waals surface area (Å²) in [6.07, 6.45) is 3.50. The number of rotatable bonds is 4. The second-order valence-electron chi connectivity index (χ2n) is 7.34. The van der Waals surface area contributed by atoms with Crippen molar-refractivity contribution in [3.05, 3.63) is 40.8 Å². The molecule has 1 heterocycles. The molecule has 0 unspecified atom stereocenters. The molecule has 0 saturated heterocycles. The molecule has 4 heteroatoms. The number of hydrogen-bond acceptors (Lipinski definition) is 4. The Morgan fingerprint density at radius 1 is 1.21 bits per heavy atom. The number of fused-ring (bicyclic) bond motifs is 1. The summed E-state index contributed by atoms with van der Waals surface area (Å²) in [5.74, 6) is 0. The number of ether oxygens (including phenoxy) is 1. The van der Waals surface area contributed by atoms with E-state index in [1.807, 2.05) is 11.8 Å². The van der Waals surface area contributed by atoms with Crippen LogP contribution in [0.2, 0.25) is 0 Å². The highest BCUT2D eigenvalue weighted by Gasteiger charge is 2.42. The molecular formula is C20H28N2OS. The highest BCUT2D eigenvalue weighted by molar-refractivity contribution is 8.03. The number of amidine groups is 1. The Kier molecular flexibility index (Phi) is 4.95. The Balaban J connectivity index is 1.84. The molecule has 0 radical (unpaired) electrons. The van der Waals surface area contributed by atoms with Gasteiger partial charge in [-0.25, -0.2) is 4.99 Å². The van der Waals surface area contributed by atoms with Crippen molar-refractivity contribution in [2.24, 2.45) is 10.4 Å². The van der Waals surface area contributed by atoms with Gasteiger partial charge in [0.05, 0.1) is 6.04 Å². The second-order valence-corrected chi connectivity index (χ2v) is 8.49. The molecule has 2 atom stereocenters. The molecule has 1 aliphatic heterocycles. The van der Waals surface area contributed by atoms with Crippen molar-refractivity contribution in [1.29, 1.82) is 0 Å². The number of nitrogens with zero attached hydrogens (tertiary/aromatic N) is 2. The van der Waals surface area contributed by atoms with Gasteiger partial charge in [-0.05, 0) is 44.7 Å². The van der Waals surface area contributed by atoms with Gasteiger partial charge in [-0.15, -0.1) is 0 Å². The molecule has 0 saturated carbocycles. The summed E-state index contributed by atoms with van der Waals surface area (Å²) >= 11 is 1.83. The van der Waals surface area contributed by atoms with E-state index in [1.54, 1.807) is 0 Å². The normalized spacial score (nSPS) is 24.7. The van der Waals surface area contributed by atoms with Crippen LogP contribution in [0.5, 0.6) is 0 Å². The molecule has 1 aromatic carbocycles. The molecule has 0 aromatic heterocycles. The van der Waals surface area contributed by atoms with E-state index in [9.17, 15) is 0 Å². The standard InChI is InChI=1S/C20H28N2OS/c1-6-22(7-2)19-21-16-12-20(4,5)13-17(18(16)23-19)24-15-10-8-14(3)9-11-15/h8-11,13,16,18H,6-7,12H2,1-5H3/t16-,18-/m0/s1. The topological polar surface area (TPSA) is 24.8 Å². The van der Waals surface area contributed by atoms with Gasteiger partial charge < -0.3 is 9.64 Å². The minimum atomic E-state index is 0.0694. The molecule has 0 spiro atoms. The molecule has 2 aliphatic rings. The third kappa shape index (κ3) is 3.64. The first-order valence-corrected chi connectivity index (χ1v) is 9.70. The summed E-state index contributed by atoms with van der Waals surface area (Å²) in [5.41, 5.74) is 1.44. The van der Waals surface area contributed by atoms with Crippen molar-refractivity contribution in [2.75, 3.05) is 13.1 Å². The van der Waals surface area contributed by atoms with E-state index in [0.717, 1.165) is 25.5 Å². The lowest BCUT2D eigenvalue weighted by atomic mass is 9.79. The lowest BCUT2D eigenvalue weighted by molar-refractivity contribution is 0.172. The van der Waals surface area contributed by atoms with Gasteiger partial charge in [-0.1, -0.05) is 49.4 Å². The van der Waals surface area contributed by atoms with Crippen LogP contribution >= 0.6 is 11.8 Å². The molecule has 1 aliphatic carbocycles. The lowest BCUT2D eigenvalue weighted by Gasteiger charge is -2.34. The van der Waals surface area contributed by atoms with E-state index in [0.29, 0.717) is 0 Å². The van der Waals surface area contributed by atoms with Gasteiger partial charge in [0.25, 0.3) is 6.02 Å². The minimum absolute atomic E-state index is 0.0694. The maximum atomic E-state index is 6.30. The van der Waals surface area contributed by atoms with Crippen molar-refractivity contribution in [3.63, 3.8) is 0 Å². The Hall–Kier alpha value is -1.42. The Morgan fingerprint density at radius 2 is 1.88 bits per heavy atom.